The second-order valence-electron chi connectivity index (χ2n) is 2.84. The molecule has 0 aliphatic rings. The minimum absolute atomic E-state index is 0.536. The Kier molecular flexibility index (Phi) is 1.43. The Hall–Kier alpha value is -1.75. The Balaban J connectivity index is 2.66. The molecule has 0 spiro atoms. The zero-order valence-electron chi connectivity index (χ0n) is 6.92. The fourth-order valence-corrected chi connectivity index (χ4v) is 1.63. The summed E-state index contributed by atoms with van der Waals surface area (Å²) in [6.45, 7) is 0. The summed E-state index contributed by atoms with van der Waals surface area (Å²) in [7, 11) is 0. The third kappa shape index (κ3) is 0.898. The van der Waals surface area contributed by atoms with Gasteiger partial charge in [0.15, 0.2) is 5.65 Å². The largest absolute Gasteiger partial charge is 0.262 e. The molecule has 5 nitrogen and oxygen atoms in total. The Labute approximate surface area is 83.3 Å². The summed E-state index contributed by atoms with van der Waals surface area (Å²) in [6, 6.07) is 3.69. The lowest BCUT2D eigenvalue weighted by Gasteiger charge is -1.99. The molecule has 3 rings (SSSR count). The molecule has 68 valence electrons. The van der Waals surface area contributed by atoms with Crippen molar-refractivity contribution in [3.8, 4) is 0 Å². The number of hydrogen-bond acceptors (Lipinski definition) is 4. The van der Waals surface area contributed by atoms with Crippen LogP contribution in [0.3, 0.4) is 0 Å². The van der Waals surface area contributed by atoms with Gasteiger partial charge in [-0.15, -0.1) is 5.10 Å². The quantitative estimate of drug-likeness (QED) is 0.556. The van der Waals surface area contributed by atoms with Crippen molar-refractivity contribution in [3.63, 3.8) is 0 Å². The number of hydrogen-bond donors (Lipinski definition) is 0. The van der Waals surface area contributed by atoms with Crippen LogP contribution < -0.4 is 0 Å². The lowest BCUT2D eigenvalue weighted by Crippen LogP contribution is -1.92. The lowest BCUT2D eigenvalue weighted by atomic mass is 10.3. The molecule has 0 aliphatic carbocycles. The molecule has 0 aliphatic heterocycles. The lowest BCUT2D eigenvalue weighted by molar-refractivity contribution is 0.840. The van der Waals surface area contributed by atoms with Gasteiger partial charge in [-0.3, -0.25) is 4.98 Å². The van der Waals surface area contributed by atoms with E-state index in [9.17, 15) is 0 Å². The van der Waals surface area contributed by atoms with Crippen molar-refractivity contribution in [2.75, 3.05) is 0 Å². The maximum atomic E-state index is 5.99. The number of rotatable bonds is 0. The van der Waals surface area contributed by atoms with Crippen LogP contribution in [0.2, 0.25) is 5.02 Å². The molecule has 14 heavy (non-hydrogen) atoms. The van der Waals surface area contributed by atoms with E-state index in [4.69, 9.17) is 11.6 Å². The number of aromatic nitrogens is 5. The molecular formula is C8H4ClN5. The third-order valence-electron chi connectivity index (χ3n) is 2.03. The van der Waals surface area contributed by atoms with E-state index < -0.39 is 0 Å². The molecule has 0 aromatic carbocycles. The van der Waals surface area contributed by atoms with E-state index in [1.54, 1.807) is 16.9 Å². The zero-order valence-corrected chi connectivity index (χ0v) is 7.68. The average Bonchev–Trinajstić information content (AvgIpc) is 2.67. The van der Waals surface area contributed by atoms with Crippen LogP contribution in [0.25, 0.3) is 16.6 Å². The standard InChI is InChI=1S/C8H4ClN5/c9-6-3-5-1-2-10-4-7(5)14-8(6)11-12-13-14/h1-4H. The first kappa shape index (κ1) is 7.64. The average molecular weight is 206 g/mol. The SMILES string of the molecule is Clc1cc2ccncc2n2nnnc12. The van der Waals surface area contributed by atoms with Gasteiger partial charge in [0.05, 0.1) is 16.7 Å². The number of fused-ring (bicyclic) bond motifs is 3. The Morgan fingerprint density at radius 2 is 2.29 bits per heavy atom. The smallest absolute Gasteiger partial charge is 0.198 e. The van der Waals surface area contributed by atoms with E-state index in [1.165, 1.54) is 0 Å². The molecule has 0 saturated carbocycles. The summed E-state index contributed by atoms with van der Waals surface area (Å²) in [6.07, 6.45) is 3.41. The van der Waals surface area contributed by atoms with Gasteiger partial charge in [-0.05, 0) is 22.6 Å². The first-order valence-electron chi connectivity index (χ1n) is 3.96. The van der Waals surface area contributed by atoms with Gasteiger partial charge in [0.1, 0.15) is 0 Å². The normalized spacial score (nSPS) is 11.2. The second kappa shape index (κ2) is 2.62. The highest BCUT2D eigenvalue weighted by Crippen LogP contribution is 2.21. The van der Waals surface area contributed by atoms with E-state index in [1.807, 2.05) is 12.1 Å². The molecule has 0 atom stereocenters. The maximum Gasteiger partial charge on any atom is 0.198 e. The third-order valence-corrected chi connectivity index (χ3v) is 2.30. The van der Waals surface area contributed by atoms with Crippen molar-refractivity contribution in [2.24, 2.45) is 0 Å². The van der Waals surface area contributed by atoms with Gasteiger partial charge < -0.3 is 0 Å². The van der Waals surface area contributed by atoms with Gasteiger partial charge in [-0.2, -0.15) is 4.52 Å². The van der Waals surface area contributed by atoms with E-state index in [-0.39, 0.29) is 0 Å². The highest BCUT2D eigenvalue weighted by Gasteiger charge is 2.07. The van der Waals surface area contributed by atoms with Crippen LogP contribution in [0.5, 0.6) is 0 Å². The fraction of sp³-hybridized carbons (Fsp3) is 0. The Morgan fingerprint density at radius 3 is 3.21 bits per heavy atom. The number of tetrazole rings is 1. The predicted molar refractivity (Wildman–Crippen MR) is 51.1 cm³/mol. The molecular weight excluding hydrogens is 202 g/mol. The maximum absolute atomic E-state index is 5.99. The topological polar surface area (TPSA) is 56.0 Å². The second-order valence-corrected chi connectivity index (χ2v) is 3.25. The number of pyridine rings is 2. The summed E-state index contributed by atoms with van der Waals surface area (Å²) < 4.78 is 1.57. The highest BCUT2D eigenvalue weighted by molar-refractivity contribution is 6.34. The first-order chi connectivity index (χ1) is 6.86. The van der Waals surface area contributed by atoms with Gasteiger partial charge in [0, 0.05) is 11.6 Å². The molecule has 0 fully saturated rings. The monoisotopic (exact) mass is 205 g/mol. The highest BCUT2D eigenvalue weighted by atomic mass is 35.5. The Morgan fingerprint density at radius 1 is 1.36 bits per heavy atom. The molecule has 6 heteroatoms. The molecule has 0 bridgehead atoms. The first-order valence-corrected chi connectivity index (χ1v) is 4.34. The molecule has 0 radical (unpaired) electrons. The van der Waals surface area contributed by atoms with E-state index in [2.05, 4.69) is 20.5 Å². The molecule has 3 aromatic heterocycles. The van der Waals surface area contributed by atoms with Gasteiger partial charge >= 0.3 is 0 Å². The van der Waals surface area contributed by atoms with E-state index >= 15 is 0 Å². The molecule has 0 N–H and O–H groups in total. The molecule has 0 unspecified atom stereocenters. The molecule has 0 amide bonds. The number of halogens is 1. The van der Waals surface area contributed by atoms with Crippen LogP contribution in [-0.4, -0.2) is 25.0 Å². The zero-order chi connectivity index (χ0) is 9.54. The van der Waals surface area contributed by atoms with Gasteiger partial charge in [0.2, 0.25) is 0 Å². The van der Waals surface area contributed by atoms with Crippen LogP contribution in [-0.2, 0) is 0 Å². The molecule has 0 saturated heterocycles. The molecule has 3 aromatic rings. The van der Waals surface area contributed by atoms with Crippen LogP contribution >= 0.6 is 11.6 Å². The fourth-order valence-electron chi connectivity index (χ4n) is 1.40. The summed E-state index contributed by atoms with van der Waals surface area (Å²) in [5.74, 6) is 0. The van der Waals surface area contributed by atoms with E-state index in [0.29, 0.717) is 10.7 Å². The summed E-state index contributed by atoms with van der Waals surface area (Å²) >= 11 is 5.99. The van der Waals surface area contributed by atoms with E-state index in [0.717, 1.165) is 10.9 Å². The van der Waals surface area contributed by atoms with Crippen LogP contribution in [0.15, 0.2) is 24.5 Å². The summed E-state index contributed by atoms with van der Waals surface area (Å²) in [5.41, 5.74) is 1.39. The molecule has 3 heterocycles. The predicted octanol–water partition coefficient (Wildman–Crippen LogP) is 1.33. The van der Waals surface area contributed by atoms with Crippen LogP contribution in [0.4, 0.5) is 0 Å². The van der Waals surface area contributed by atoms with Crippen molar-refractivity contribution in [1.82, 2.24) is 25.0 Å². The van der Waals surface area contributed by atoms with Crippen LogP contribution in [0.1, 0.15) is 0 Å². The minimum Gasteiger partial charge on any atom is -0.262 e. The van der Waals surface area contributed by atoms with Gasteiger partial charge in [0.25, 0.3) is 0 Å². The van der Waals surface area contributed by atoms with Crippen molar-refractivity contribution in [2.45, 2.75) is 0 Å². The minimum atomic E-state index is 0.536. The van der Waals surface area contributed by atoms with Crippen molar-refractivity contribution < 1.29 is 0 Å². The number of nitrogens with zero attached hydrogens (tertiary/aromatic N) is 5. The summed E-state index contributed by atoms with van der Waals surface area (Å²) in [5, 5.41) is 12.7. The van der Waals surface area contributed by atoms with Crippen molar-refractivity contribution >= 4 is 28.2 Å². The van der Waals surface area contributed by atoms with Crippen LogP contribution in [0, 0.1) is 0 Å². The van der Waals surface area contributed by atoms with Crippen molar-refractivity contribution in [3.05, 3.63) is 29.5 Å². The van der Waals surface area contributed by atoms with Crippen molar-refractivity contribution in [1.29, 1.82) is 0 Å². The van der Waals surface area contributed by atoms with Gasteiger partial charge in [-0.25, -0.2) is 0 Å². The summed E-state index contributed by atoms with van der Waals surface area (Å²) in [4.78, 5) is 4.01. The Bertz CT molecular complexity index is 617. The van der Waals surface area contributed by atoms with Gasteiger partial charge in [-0.1, -0.05) is 11.6 Å².